The topological polar surface area (TPSA) is 51.7 Å². The Balaban J connectivity index is 2.16. The summed E-state index contributed by atoms with van der Waals surface area (Å²) in [4.78, 5) is 18.4. The number of aromatic nitrogens is 1. The van der Waals surface area contributed by atoms with Crippen LogP contribution in [0.5, 0.6) is 5.88 Å². The molecule has 1 aromatic rings. The van der Waals surface area contributed by atoms with Gasteiger partial charge in [-0.25, -0.2) is 9.78 Å². The molecule has 21 heavy (non-hydrogen) atoms. The fourth-order valence-corrected chi connectivity index (χ4v) is 2.53. The number of hydrogen-bond acceptors (Lipinski definition) is 4. The van der Waals surface area contributed by atoms with Crippen molar-refractivity contribution >= 4 is 6.09 Å². The highest BCUT2D eigenvalue weighted by Gasteiger charge is 2.31. The van der Waals surface area contributed by atoms with Gasteiger partial charge in [-0.05, 0) is 45.6 Å². The lowest BCUT2D eigenvalue weighted by atomic mass is 9.97. The zero-order valence-corrected chi connectivity index (χ0v) is 13.3. The quantitative estimate of drug-likeness (QED) is 0.836. The van der Waals surface area contributed by atoms with Gasteiger partial charge < -0.3 is 14.4 Å². The van der Waals surface area contributed by atoms with Crippen LogP contribution >= 0.6 is 0 Å². The van der Waals surface area contributed by atoms with Crippen molar-refractivity contribution in [2.45, 2.75) is 51.7 Å². The summed E-state index contributed by atoms with van der Waals surface area (Å²) in [5, 5.41) is 0. The molecule has 116 valence electrons. The van der Waals surface area contributed by atoms with E-state index in [1.54, 1.807) is 13.3 Å². The Morgan fingerprint density at radius 1 is 1.33 bits per heavy atom. The summed E-state index contributed by atoms with van der Waals surface area (Å²) in [6, 6.07) is 3.84. The van der Waals surface area contributed by atoms with Crippen LogP contribution in [0.4, 0.5) is 4.79 Å². The van der Waals surface area contributed by atoms with Gasteiger partial charge in [0.1, 0.15) is 5.60 Å². The van der Waals surface area contributed by atoms with E-state index >= 15 is 0 Å². The van der Waals surface area contributed by atoms with Crippen molar-refractivity contribution < 1.29 is 14.3 Å². The van der Waals surface area contributed by atoms with Crippen molar-refractivity contribution in [3.63, 3.8) is 0 Å². The summed E-state index contributed by atoms with van der Waals surface area (Å²) < 4.78 is 10.6. The van der Waals surface area contributed by atoms with E-state index in [0.29, 0.717) is 5.88 Å². The second kappa shape index (κ2) is 6.33. The normalized spacial score (nSPS) is 19.2. The van der Waals surface area contributed by atoms with Crippen LogP contribution in [-0.4, -0.2) is 35.2 Å². The number of amides is 1. The van der Waals surface area contributed by atoms with Gasteiger partial charge in [0.15, 0.2) is 0 Å². The number of methoxy groups -OCH3 is 1. The van der Waals surface area contributed by atoms with E-state index in [4.69, 9.17) is 9.47 Å². The maximum absolute atomic E-state index is 12.4. The van der Waals surface area contributed by atoms with E-state index < -0.39 is 5.60 Å². The second-order valence-electron chi connectivity index (χ2n) is 6.32. The standard InChI is InChI=1S/C16H24N2O3/c1-16(2,3)21-15(19)18-10-6-5-7-13(18)12-8-9-14(20-4)17-11-12/h8-9,11,13H,5-7,10H2,1-4H3. The molecule has 5 heteroatoms. The molecule has 1 aliphatic rings. The van der Waals surface area contributed by atoms with Crippen LogP contribution in [0.25, 0.3) is 0 Å². The molecule has 0 aliphatic carbocycles. The average Bonchev–Trinajstić information content (AvgIpc) is 2.45. The van der Waals surface area contributed by atoms with Crippen molar-refractivity contribution in [2.75, 3.05) is 13.7 Å². The van der Waals surface area contributed by atoms with Crippen molar-refractivity contribution in [3.05, 3.63) is 23.9 Å². The van der Waals surface area contributed by atoms with Crippen molar-refractivity contribution in [2.24, 2.45) is 0 Å². The van der Waals surface area contributed by atoms with E-state index in [9.17, 15) is 4.79 Å². The molecule has 1 amide bonds. The number of pyridine rings is 1. The largest absolute Gasteiger partial charge is 0.481 e. The van der Waals surface area contributed by atoms with Crippen LogP contribution in [0, 0.1) is 0 Å². The van der Waals surface area contributed by atoms with Crippen LogP contribution in [0.1, 0.15) is 51.6 Å². The number of likely N-dealkylation sites (tertiary alicyclic amines) is 1. The Kier molecular flexibility index (Phi) is 4.70. The van der Waals surface area contributed by atoms with Crippen molar-refractivity contribution in [3.8, 4) is 5.88 Å². The third-order valence-electron chi connectivity index (χ3n) is 3.48. The van der Waals surface area contributed by atoms with Gasteiger partial charge in [0.05, 0.1) is 13.2 Å². The molecule has 2 heterocycles. The molecule has 0 bridgehead atoms. The highest BCUT2D eigenvalue weighted by Crippen LogP contribution is 2.32. The lowest BCUT2D eigenvalue weighted by Gasteiger charge is -2.36. The molecule has 5 nitrogen and oxygen atoms in total. The molecule has 1 saturated heterocycles. The van der Waals surface area contributed by atoms with Gasteiger partial charge in [0, 0.05) is 18.8 Å². The Labute approximate surface area is 126 Å². The number of rotatable bonds is 2. The molecular formula is C16H24N2O3. The molecular weight excluding hydrogens is 268 g/mol. The fraction of sp³-hybridized carbons (Fsp3) is 0.625. The summed E-state index contributed by atoms with van der Waals surface area (Å²) >= 11 is 0. The van der Waals surface area contributed by atoms with E-state index in [1.807, 2.05) is 37.8 Å². The minimum Gasteiger partial charge on any atom is -0.481 e. The predicted octanol–water partition coefficient (Wildman–Crippen LogP) is 3.55. The Morgan fingerprint density at radius 3 is 2.67 bits per heavy atom. The molecule has 0 radical (unpaired) electrons. The molecule has 2 rings (SSSR count). The maximum atomic E-state index is 12.4. The summed E-state index contributed by atoms with van der Waals surface area (Å²) in [5.41, 5.74) is 0.554. The maximum Gasteiger partial charge on any atom is 0.410 e. The minimum absolute atomic E-state index is 0.0343. The van der Waals surface area contributed by atoms with Gasteiger partial charge in [-0.15, -0.1) is 0 Å². The van der Waals surface area contributed by atoms with Crippen molar-refractivity contribution in [1.29, 1.82) is 0 Å². The Morgan fingerprint density at radius 2 is 2.10 bits per heavy atom. The SMILES string of the molecule is COc1ccc(C2CCCCN2C(=O)OC(C)(C)C)cn1. The van der Waals surface area contributed by atoms with Crippen LogP contribution in [-0.2, 0) is 4.74 Å². The highest BCUT2D eigenvalue weighted by molar-refractivity contribution is 5.69. The van der Waals surface area contributed by atoms with Crippen LogP contribution < -0.4 is 4.74 Å². The van der Waals surface area contributed by atoms with Crippen molar-refractivity contribution in [1.82, 2.24) is 9.88 Å². The van der Waals surface area contributed by atoms with Gasteiger partial charge in [-0.2, -0.15) is 0 Å². The van der Waals surface area contributed by atoms with E-state index in [2.05, 4.69) is 4.98 Å². The number of hydrogen-bond donors (Lipinski definition) is 0. The number of ether oxygens (including phenoxy) is 2. The molecule has 0 aromatic carbocycles. The summed E-state index contributed by atoms with van der Waals surface area (Å²) in [6.07, 6.45) is 4.59. The summed E-state index contributed by atoms with van der Waals surface area (Å²) in [5.74, 6) is 0.582. The minimum atomic E-state index is -0.475. The monoisotopic (exact) mass is 292 g/mol. The zero-order chi connectivity index (χ0) is 15.5. The first-order valence-corrected chi connectivity index (χ1v) is 7.40. The van der Waals surface area contributed by atoms with Crippen LogP contribution in [0.2, 0.25) is 0 Å². The Bertz CT molecular complexity index is 479. The van der Waals surface area contributed by atoms with Crippen LogP contribution in [0.15, 0.2) is 18.3 Å². The first-order chi connectivity index (χ1) is 9.90. The third kappa shape index (κ3) is 4.09. The number of nitrogens with zero attached hydrogens (tertiary/aromatic N) is 2. The average molecular weight is 292 g/mol. The van der Waals surface area contributed by atoms with Gasteiger partial charge in [-0.1, -0.05) is 6.07 Å². The Hall–Kier alpha value is -1.78. The second-order valence-corrected chi connectivity index (χ2v) is 6.32. The zero-order valence-electron chi connectivity index (χ0n) is 13.3. The predicted molar refractivity (Wildman–Crippen MR) is 80.3 cm³/mol. The number of carbonyl (C=O) groups is 1. The molecule has 1 fully saturated rings. The molecule has 1 aromatic heterocycles. The first kappa shape index (κ1) is 15.6. The fourth-order valence-electron chi connectivity index (χ4n) is 2.53. The highest BCUT2D eigenvalue weighted by atomic mass is 16.6. The van der Waals surface area contributed by atoms with Gasteiger partial charge >= 0.3 is 6.09 Å². The first-order valence-electron chi connectivity index (χ1n) is 7.40. The van der Waals surface area contributed by atoms with E-state index in [1.165, 1.54) is 0 Å². The van der Waals surface area contributed by atoms with Gasteiger partial charge in [-0.3, -0.25) is 0 Å². The smallest absolute Gasteiger partial charge is 0.410 e. The van der Waals surface area contributed by atoms with E-state index in [0.717, 1.165) is 31.4 Å². The van der Waals surface area contributed by atoms with Gasteiger partial charge in [0.25, 0.3) is 0 Å². The van der Waals surface area contributed by atoms with Crippen LogP contribution in [0.3, 0.4) is 0 Å². The molecule has 1 unspecified atom stereocenters. The summed E-state index contributed by atoms with van der Waals surface area (Å²) in [6.45, 7) is 6.39. The lowest BCUT2D eigenvalue weighted by Crippen LogP contribution is -2.41. The van der Waals surface area contributed by atoms with Gasteiger partial charge in [0.2, 0.25) is 5.88 Å². The molecule has 0 N–H and O–H groups in total. The molecule has 1 aliphatic heterocycles. The molecule has 1 atom stereocenters. The van der Waals surface area contributed by atoms with E-state index in [-0.39, 0.29) is 12.1 Å². The third-order valence-corrected chi connectivity index (χ3v) is 3.48. The summed E-state index contributed by atoms with van der Waals surface area (Å²) in [7, 11) is 1.59. The number of piperidine rings is 1. The lowest BCUT2D eigenvalue weighted by molar-refractivity contribution is 0.00948. The molecule has 0 saturated carbocycles. The number of carbonyl (C=O) groups excluding carboxylic acids is 1. The molecule has 0 spiro atoms.